The molecule has 0 aliphatic rings. The van der Waals surface area contributed by atoms with Gasteiger partial charge in [-0.15, -0.1) is 0 Å². The van der Waals surface area contributed by atoms with Crippen LogP contribution in [0, 0.1) is 5.82 Å². The summed E-state index contributed by atoms with van der Waals surface area (Å²) in [6, 6.07) is 9.73. The second kappa shape index (κ2) is 6.05. The molecule has 4 nitrogen and oxygen atoms in total. The number of carbonyl (C=O) groups excluding carboxylic acids is 1. The summed E-state index contributed by atoms with van der Waals surface area (Å²) in [6.07, 6.45) is 0. The summed E-state index contributed by atoms with van der Waals surface area (Å²) in [7, 11) is -1.78. The number of hydrogen-bond donors (Lipinski definition) is 3. The fourth-order valence-electron chi connectivity index (χ4n) is 1.61. The van der Waals surface area contributed by atoms with Crippen molar-refractivity contribution in [1.29, 1.82) is 0 Å². The molecule has 0 spiro atoms. The van der Waals surface area contributed by atoms with Gasteiger partial charge in [0, 0.05) is 10.7 Å². The van der Waals surface area contributed by atoms with Crippen LogP contribution < -0.4 is 10.8 Å². The molecule has 0 unspecified atom stereocenters. The second-order valence-corrected chi connectivity index (χ2v) is 4.51. The Kier molecular flexibility index (Phi) is 4.39. The van der Waals surface area contributed by atoms with Crippen molar-refractivity contribution in [2.75, 3.05) is 5.32 Å². The lowest BCUT2D eigenvalue weighted by Gasteiger charge is -2.07. The number of amides is 1. The van der Waals surface area contributed by atoms with Crippen molar-refractivity contribution >= 4 is 35.8 Å². The highest BCUT2D eigenvalue weighted by Crippen LogP contribution is 2.15. The van der Waals surface area contributed by atoms with Gasteiger partial charge in [0.1, 0.15) is 5.82 Å². The zero-order valence-electron chi connectivity index (χ0n) is 10.2. The average molecular weight is 293 g/mol. The maximum atomic E-state index is 13.7. The third-order valence-corrected chi connectivity index (χ3v) is 2.89. The molecular formula is C13H10BClFNO3. The lowest BCUT2D eigenvalue weighted by molar-refractivity contribution is 0.102. The van der Waals surface area contributed by atoms with Crippen LogP contribution in [-0.2, 0) is 0 Å². The molecule has 0 atom stereocenters. The van der Waals surface area contributed by atoms with Gasteiger partial charge in [0.05, 0.1) is 5.56 Å². The molecule has 0 radical (unpaired) electrons. The third-order valence-electron chi connectivity index (χ3n) is 2.64. The van der Waals surface area contributed by atoms with Gasteiger partial charge >= 0.3 is 7.12 Å². The van der Waals surface area contributed by atoms with E-state index in [1.807, 2.05) is 0 Å². The Morgan fingerprint density at radius 2 is 1.80 bits per heavy atom. The molecule has 0 heterocycles. The Balaban J connectivity index is 2.19. The summed E-state index contributed by atoms with van der Waals surface area (Å²) < 4.78 is 13.7. The first kappa shape index (κ1) is 14.5. The molecule has 7 heteroatoms. The summed E-state index contributed by atoms with van der Waals surface area (Å²) in [5, 5.41) is 20.9. The van der Waals surface area contributed by atoms with Crippen molar-refractivity contribution in [1.82, 2.24) is 0 Å². The van der Waals surface area contributed by atoms with Crippen molar-refractivity contribution in [2.45, 2.75) is 0 Å². The summed E-state index contributed by atoms with van der Waals surface area (Å²) >= 11 is 5.72. The maximum Gasteiger partial charge on any atom is 0.488 e. The molecule has 0 aromatic heterocycles. The van der Waals surface area contributed by atoms with Gasteiger partial charge in [-0.05, 0) is 41.9 Å². The summed E-state index contributed by atoms with van der Waals surface area (Å²) in [5.41, 5.74) is 0.264. The monoisotopic (exact) mass is 293 g/mol. The maximum absolute atomic E-state index is 13.7. The Labute approximate surface area is 120 Å². The van der Waals surface area contributed by atoms with Gasteiger partial charge in [0.2, 0.25) is 0 Å². The van der Waals surface area contributed by atoms with Gasteiger partial charge < -0.3 is 15.4 Å². The van der Waals surface area contributed by atoms with E-state index in [1.165, 1.54) is 12.1 Å². The Hall–Kier alpha value is -1.89. The molecule has 0 saturated heterocycles. The van der Waals surface area contributed by atoms with Crippen LogP contribution in [0.1, 0.15) is 10.4 Å². The highest BCUT2D eigenvalue weighted by Gasteiger charge is 2.17. The minimum absolute atomic E-state index is 0.0226. The smallest absolute Gasteiger partial charge is 0.423 e. The van der Waals surface area contributed by atoms with E-state index in [9.17, 15) is 9.18 Å². The lowest BCUT2D eigenvalue weighted by atomic mass is 9.80. The molecule has 2 aromatic carbocycles. The van der Waals surface area contributed by atoms with Crippen molar-refractivity contribution in [3.8, 4) is 0 Å². The largest absolute Gasteiger partial charge is 0.488 e. The van der Waals surface area contributed by atoms with E-state index >= 15 is 0 Å². The van der Waals surface area contributed by atoms with E-state index in [1.54, 1.807) is 24.3 Å². The van der Waals surface area contributed by atoms with Gasteiger partial charge in [-0.2, -0.15) is 0 Å². The topological polar surface area (TPSA) is 69.6 Å². The Morgan fingerprint density at radius 3 is 2.35 bits per heavy atom. The highest BCUT2D eigenvalue weighted by molar-refractivity contribution is 6.58. The predicted molar refractivity (Wildman–Crippen MR) is 75.6 cm³/mol. The van der Waals surface area contributed by atoms with E-state index in [0.29, 0.717) is 10.7 Å². The van der Waals surface area contributed by atoms with E-state index in [4.69, 9.17) is 21.6 Å². The van der Waals surface area contributed by atoms with Gasteiger partial charge in [-0.3, -0.25) is 4.79 Å². The molecular weight excluding hydrogens is 283 g/mol. The predicted octanol–water partition coefficient (Wildman–Crippen LogP) is 1.41. The second-order valence-electron chi connectivity index (χ2n) is 4.07. The fourth-order valence-corrected chi connectivity index (χ4v) is 1.73. The van der Waals surface area contributed by atoms with Gasteiger partial charge in [0.15, 0.2) is 0 Å². The van der Waals surface area contributed by atoms with Crippen LogP contribution in [0.5, 0.6) is 0 Å². The minimum Gasteiger partial charge on any atom is -0.423 e. The van der Waals surface area contributed by atoms with Gasteiger partial charge in [-0.1, -0.05) is 17.7 Å². The van der Waals surface area contributed by atoms with Gasteiger partial charge in [0.25, 0.3) is 5.91 Å². The van der Waals surface area contributed by atoms with E-state index in [2.05, 4.69) is 5.32 Å². The van der Waals surface area contributed by atoms with Crippen LogP contribution in [0.2, 0.25) is 5.02 Å². The number of nitrogens with one attached hydrogen (secondary N) is 1. The number of hydrogen-bond acceptors (Lipinski definition) is 3. The number of carbonyl (C=O) groups is 1. The number of halogens is 2. The van der Waals surface area contributed by atoms with Crippen LogP contribution in [0.3, 0.4) is 0 Å². The number of benzene rings is 2. The fraction of sp³-hybridized carbons (Fsp3) is 0. The highest BCUT2D eigenvalue weighted by atomic mass is 35.5. The quantitative estimate of drug-likeness (QED) is 0.750. The zero-order valence-corrected chi connectivity index (χ0v) is 10.9. The first-order valence-corrected chi connectivity index (χ1v) is 6.07. The molecule has 0 saturated carbocycles. The van der Waals surface area contributed by atoms with Crippen LogP contribution in [0.25, 0.3) is 0 Å². The van der Waals surface area contributed by atoms with Crippen molar-refractivity contribution < 1.29 is 19.2 Å². The molecule has 20 heavy (non-hydrogen) atoms. The summed E-state index contributed by atoms with van der Waals surface area (Å²) in [6.45, 7) is 0. The summed E-state index contributed by atoms with van der Waals surface area (Å²) in [5.74, 6) is -1.47. The lowest BCUT2D eigenvalue weighted by Crippen LogP contribution is -2.30. The Bertz CT molecular complexity index is 634. The molecule has 102 valence electrons. The van der Waals surface area contributed by atoms with E-state index in [0.717, 1.165) is 6.07 Å². The van der Waals surface area contributed by atoms with Crippen LogP contribution in [0.15, 0.2) is 42.5 Å². The molecule has 1 amide bonds. The summed E-state index contributed by atoms with van der Waals surface area (Å²) in [4.78, 5) is 11.9. The molecule has 0 aliphatic heterocycles. The van der Waals surface area contributed by atoms with Gasteiger partial charge in [-0.25, -0.2) is 4.39 Å². The molecule has 0 bridgehead atoms. The van der Waals surface area contributed by atoms with Crippen LogP contribution in [0.4, 0.5) is 10.1 Å². The first-order valence-electron chi connectivity index (χ1n) is 5.70. The molecule has 0 aliphatic carbocycles. The van der Waals surface area contributed by atoms with E-state index in [-0.39, 0.29) is 11.0 Å². The molecule has 3 N–H and O–H groups in total. The molecule has 2 aromatic rings. The van der Waals surface area contributed by atoms with Crippen molar-refractivity contribution in [3.63, 3.8) is 0 Å². The number of rotatable bonds is 3. The van der Waals surface area contributed by atoms with Crippen molar-refractivity contribution in [2.24, 2.45) is 0 Å². The third kappa shape index (κ3) is 3.36. The first-order chi connectivity index (χ1) is 9.47. The number of anilines is 1. The Morgan fingerprint density at radius 1 is 1.15 bits per heavy atom. The standard InChI is InChI=1S/C13H10BClFNO3/c15-9-2-4-10(5-3-9)17-13(18)11-6-1-8(14(19)20)7-12(11)16/h1-7,19-20H,(H,17,18). The normalized spacial score (nSPS) is 10.2. The molecule has 2 rings (SSSR count). The zero-order chi connectivity index (χ0) is 14.7. The average Bonchev–Trinajstić information content (AvgIpc) is 2.41. The molecule has 0 fully saturated rings. The van der Waals surface area contributed by atoms with Crippen LogP contribution in [-0.4, -0.2) is 23.1 Å². The SMILES string of the molecule is O=C(Nc1ccc(Cl)cc1)c1ccc(B(O)O)cc1F. The van der Waals surface area contributed by atoms with Crippen LogP contribution >= 0.6 is 11.6 Å². The van der Waals surface area contributed by atoms with Crippen molar-refractivity contribution in [3.05, 3.63) is 58.9 Å². The van der Waals surface area contributed by atoms with E-state index < -0.39 is 18.8 Å². The minimum atomic E-state index is -1.78.